The van der Waals surface area contributed by atoms with Gasteiger partial charge >= 0.3 is 12.2 Å². The minimum absolute atomic E-state index is 0.210. The highest BCUT2D eigenvalue weighted by molar-refractivity contribution is 6.31. The van der Waals surface area contributed by atoms with E-state index in [1.54, 1.807) is 17.0 Å². The zero-order valence-electron chi connectivity index (χ0n) is 14.5. The Morgan fingerprint density at radius 3 is 2.41 bits per heavy atom. The quantitative estimate of drug-likeness (QED) is 0.833. The van der Waals surface area contributed by atoms with E-state index in [0.29, 0.717) is 43.4 Å². The summed E-state index contributed by atoms with van der Waals surface area (Å²) in [5.41, 5.74) is 0.677. The van der Waals surface area contributed by atoms with Gasteiger partial charge in [-0.05, 0) is 29.8 Å². The van der Waals surface area contributed by atoms with E-state index in [4.69, 9.17) is 11.6 Å². The summed E-state index contributed by atoms with van der Waals surface area (Å²) in [6.07, 6.45) is -4.36. The number of nitrogens with one attached hydrogen (secondary N) is 1. The molecule has 1 aliphatic heterocycles. The van der Waals surface area contributed by atoms with Gasteiger partial charge in [0.15, 0.2) is 0 Å². The average molecular weight is 398 g/mol. The molecule has 0 aromatic heterocycles. The summed E-state index contributed by atoms with van der Waals surface area (Å²) in [4.78, 5) is 15.8. The third kappa shape index (κ3) is 4.86. The van der Waals surface area contributed by atoms with Crippen molar-refractivity contribution in [2.75, 3.05) is 31.1 Å². The summed E-state index contributed by atoms with van der Waals surface area (Å²) in [5, 5.41) is 3.42. The first-order valence-electron chi connectivity index (χ1n) is 8.53. The van der Waals surface area contributed by atoms with Crippen LogP contribution in [0.3, 0.4) is 0 Å². The van der Waals surface area contributed by atoms with Crippen molar-refractivity contribution in [2.45, 2.75) is 12.7 Å². The highest BCUT2D eigenvalue weighted by Gasteiger charge is 2.31. The Morgan fingerprint density at radius 1 is 1.04 bits per heavy atom. The smallest absolute Gasteiger partial charge is 0.368 e. The van der Waals surface area contributed by atoms with Crippen LogP contribution >= 0.6 is 11.6 Å². The fourth-order valence-electron chi connectivity index (χ4n) is 2.97. The number of urea groups is 1. The van der Waals surface area contributed by atoms with Crippen LogP contribution in [0.2, 0.25) is 5.02 Å². The molecule has 4 nitrogen and oxygen atoms in total. The lowest BCUT2D eigenvalue weighted by molar-refractivity contribution is -0.137. The Balaban J connectivity index is 1.54. The van der Waals surface area contributed by atoms with Gasteiger partial charge in [-0.1, -0.05) is 35.9 Å². The van der Waals surface area contributed by atoms with Gasteiger partial charge in [0.25, 0.3) is 0 Å². The lowest BCUT2D eigenvalue weighted by Crippen LogP contribution is -2.51. The van der Waals surface area contributed by atoms with Crippen LogP contribution in [-0.2, 0) is 12.7 Å². The van der Waals surface area contributed by atoms with Crippen LogP contribution < -0.4 is 10.2 Å². The lowest BCUT2D eigenvalue weighted by atomic mass is 10.1. The van der Waals surface area contributed by atoms with E-state index in [1.165, 1.54) is 6.07 Å². The van der Waals surface area contributed by atoms with Crippen LogP contribution in [0.1, 0.15) is 11.1 Å². The summed E-state index contributed by atoms with van der Waals surface area (Å²) >= 11 is 6.07. The first kappa shape index (κ1) is 19.4. The van der Waals surface area contributed by atoms with Crippen LogP contribution in [0.15, 0.2) is 48.5 Å². The normalized spacial score (nSPS) is 15.0. The molecule has 1 aliphatic rings. The molecule has 0 bridgehead atoms. The molecule has 8 heteroatoms. The number of rotatable bonds is 3. The SMILES string of the molecule is O=C(NCc1ccccc1Cl)N1CCN(c2cccc(C(F)(F)F)c2)CC1. The summed E-state index contributed by atoms with van der Waals surface area (Å²) in [6.45, 7) is 2.14. The lowest BCUT2D eigenvalue weighted by Gasteiger charge is -2.36. The summed E-state index contributed by atoms with van der Waals surface area (Å²) in [7, 11) is 0. The Kier molecular flexibility index (Phi) is 5.79. The first-order chi connectivity index (χ1) is 12.8. The Bertz CT molecular complexity index is 805. The molecule has 1 N–H and O–H groups in total. The van der Waals surface area contributed by atoms with Gasteiger partial charge in [0.2, 0.25) is 0 Å². The number of carbonyl (C=O) groups is 1. The summed E-state index contributed by atoms with van der Waals surface area (Å²) < 4.78 is 38.6. The number of carbonyl (C=O) groups excluding carboxylic acids is 1. The third-order valence-electron chi connectivity index (χ3n) is 4.49. The predicted octanol–water partition coefficient (Wildman–Crippen LogP) is 4.39. The number of nitrogens with zero attached hydrogens (tertiary/aromatic N) is 2. The molecule has 27 heavy (non-hydrogen) atoms. The molecule has 0 aliphatic carbocycles. The van der Waals surface area contributed by atoms with Crippen LogP contribution in [0, 0.1) is 0 Å². The van der Waals surface area contributed by atoms with E-state index in [1.807, 2.05) is 23.1 Å². The number of benzene rings is 2. The number of anilines is 1. The highest BCUT2D eigenvalue weighted by atomic mass is 35.5. The minimum atomic E-state index is -4.36. The van der Waals surface area contributed by atoms with E-state index in [0.717, 1.165) is 17.7 Å². The third-order valence-corrected chi connectivity index (χ3v) is 4.86. The highest BCUT2D eigenvalue weighted by Crippen LogP contribution is 2.31. The molecule has 1 heterocycles. The largest absolute Gasteiger partial charge is 0.416 e. The van der Waals surface area contributed by atoms with Crippen molar-refractivity contribution in [1.82, 2.24) is 10.2 Å². The first-order valence-corrected chi connectivity index (χ1v) is 8.91. The molecule has 0 atom stereocenters. The predicted molar refractivity (Wildman–Crippen MR) is 98.9 cm³/mol. The number of alkyl halides is 3. The molecular formula is C19H19ClF3N3O. The Hall–Kier alpha value is -2.41. The molecule has 2 aromatic rings. The van der Waals surface area contributed by atoms with Crippen LogP contribution in [-0.4, -0.2) is 37.1 Å². The van der Waals surface area contributed by atoms with E-state index < -0.39 is 11.7 Å². The fraction of sp³-hybridized carbons (Fsp3) is 0.316. The average Bonchev–Trinajstić information content (AvgIpc) is 2.67. The zero-order chi connectivity index (χ0) is 19.4. The number of halogens is 4. The maximum atomic E-state index is 12.9. The van der Waals surface area contributed by atoms with Gasteiger partial charge in [-0.15, -0.1) is 0 Å². The Morgan fingerprint density at radius 2 is 1.74 bits per heavy atom. The van der Waals surface area contributed by atoms with Crippen molar-refractivity contribution in [3.8, 4) is 0 Å². The second-order valence-electron chi connectivity index (χ2n) is 6.27. The van der Waals surface area contributed by atoms with Crippen LogP contribution in [0.5, 0.6) is 0 Å². The van der Waals surface area contributed by atoms with Gasteiger partial charge in [-0.3, -0.25) is 0 Å². The van der Waals surface area contributed by atoms with Crippen molar-refractivity contribution < 1.29 is 18.0 Å². The molecule has 0 saturated carbocycles. The summed E-state index contributed by atoms with van der Waals surface area (Å²) in [5.74, 6) is 0. The van der Waals surface area contributed by atoms with Crippen molar-refractivity contribution in [2.24, 2.45) is 0 Å². The van der Waals surface area contributed by atoms with Crippen molar-refractivity contribution in [3.05, 3.63) is 64.7 Å². The molecule has 1 saturated heterocycles. The van der Waals surface area contributed by atoms with Gasteiger partial charge in [-0.2, -0.15) is 13.2 Å². The van der Waals surface area contributed by atoms with E-state index in [9.17, 15) is 18.0 Å². The van der Waals surface area contributed by atoms with Crippen molar-refractivity contribution >= 4 is 23.3 Å². The maximum absolute atomic E-state index is 12.9. The molecule has 144 valence electrons. The number of hydrogen-bond donors (Lipinski definition) is 1. The molecule has 2 aromatic carbocycles. The van der Waals surface area contributed by atoms with Crippen molar-refractivity contribution in [3.63, 3.8) is 0 Å². The summed E-state index contributed by atoms with van der Waals surface area (Å²) in [6, 6.07) is 12.3. The number of piperazine rings is 1. The number of hydrogen-bond acceptors (Lipinski definition) is 2. The topological polar surface area (TPSA) is 35.6 Å². The van der Waals surface area contributed by atoms with Gasteiger partial charge < -0.3 is 15.1 Å². The maximum Gasteiger partial charge on any atom is 0.416 e. The monoisotopic (exact) mass is 397 g/mol. The van der Waals surface area contributed by atoms with Gasteiger partial charge in [0.1, 0.15) is 0 Å². The molecular weight excluding hydrogens is 379 g/mol. The fourth-order valence-corrected chi connectivity index (χ4v) is 3.17. The molecule has 1 fully saturated rings. The number of amides is 2. The standard InChI is InChI=1S/C19H19ClF3N3O/c20-17-7-2-1-4-14(17)13-24-18(27)26-10-8-25(9-11-26)16-6-3-5-15(12-16)19(21,22)23/h1-7,12H,8-11,13H2,(H,24,27). The molecule has 0 unspecified atom stereocenters. The second kappa shape index (κ2) is 8.08. The molecule has 0 spiro atoms. The molecule has 3 rings (SSSR count). The van der Waals surface area contributed by atoms with Crippen LogP contribution in [0.4, 0.5) is 23.7 Å². The van der Waals surface area contributed by atoms with Gasteiger partial charge in [0.05, 0.1) is 5.56 Å². The minimum Gasteiger partial charge on any atom is -0.368 e. The second-order valence-corrected chi connectivity index (χ2v) is 6.68. The van der Waals surface area contributed by atoms with E-state index in [-0.39, 0.29) is 6.03 Å². The Labute approximate surface area is 160 Å². The van der Waals surface area contributed by atoms with Crippen LogP contribution in [0.25, 0.3) is 0 Å². The van der Waals surface area contributed by atoms with E-state index in [2.05, 4.69) is 5.32 Å². The molecule has 2 amide bonds. The molecule has 0 radical (unpaired) electrons. The van der Waals surface area contributed by atoms with E-state index >= 15 is 0 Å². The zero-order valence-corrected chi connectivity index (χ0v) is 15.2. The van der Waals surface area contributed by atoms with Gasteiger partial charge in [-0.25, -0.2) is 4.79 Å². The van der Waals surface area contributed by atoms with Crippen molar-refractivity contribution in [1.29, 1.82) is 0 Å². The van der Waals surface area contributed by atoms with Gasteiger partial charge in [0, 0.05) is 43.4 Å².